The third kappa shape index (κ3) is 2.98. The molecule has 0 atom stereocenters. The van der Waals surface area contributed by atoms with Crippen molar-refractivity contribution in [1.29, 1.82) is 0 Å². The van der Waals surface area contributed by atoms with Gasteiger partial charge in [-0.05, 0) is 22.6 Å². The summed E-state index contributed by atoms with van der Waals surface area (Å²) < 4.78 is 0. The first-order valence-corrected chi connectivity index (χ1v) is 5.22. The number of rotatable bonds is 3. The van der Waals surface area contributed by atoms with Crippen molar-refractivity contribution in [2.75, 3.05) is 0 Å². The quantitative estimate of drug-likeness (QED) is 0.376. The van der Waals surface area contributed by atoms with E-state index in [1.807, 2.05) is 20.8 Å². The van der Waals surface area contributed by atoms with Crippen LogP contribution >= 0.6 is 0 Å². The number of carbonyl (C=O) groups excluding carboxylic acids is 1. The Kier molecular flexibility index (Phi) is 3.76. The van der Waals surface area contributed by atoms with Crippen LogP contribution in [0.1, 0.15) is 42.3 Å². The number of phenolic OH excluding ortho intramolecular Hbond substituents is 1. The second-order valence-corrected chi connectivity index (χ2v) is 4.83. The summed E-state index contributed by atoms with van der Waals surface area (Å²) in [6.07, 6.45) is 0.601. The van der Waals surface area contributed by atoms with Gasteiger partial charge >= 0.3 is 0 Å². The molecule has 0 aromatic heterocycles. The van der Waals surface area contributed by atoms with E-state index >= 15 is 0 Å². The molecule has 0 fully saturated rings. The summed E-state index contributed by atoms with van der Waals surface area (Å²) in [5.74, 6) is -0.111. The summed E-state index contributed by atoms with van der Waals surface area (Å²) in [6, 6.07) is 3.42. The molecule has 1 rings (SSSR count). The fourth-order valence-corrected chi connectivity index (χ4v) is 1.47. The Hall–Kier alpha value is -2.00. The largest absolute Gasteiger partial charge is 0.507 e. The zero-order valence-corrected chi connectivity index (χ0v) is 10.1. The Morgan fingerprint density at radius 1 is 1.47 bits per heavy atom. The zero-order chi connectivity index (χ0) is 13.1. The van der Waals surface area contributed by atoms with Crippen molar-refractivity contribution < 1.29 is 9.90 Å². The third-order valence-corrected chi connectivity index (χ3v) is 2.52. The van der Waals surface area contributed by atoms with E-state index in [2.05, 4.69) is 10.0 Å². The van der Waals surface area contributed by atoms with Crippen LogP contribution in [0.25, 0.3) is 10.4 Å². The number of nitrogens with zero attached hydrogens (tertiary/aromatic N) is 3. The molecule has 17 heavy (non-hydrogen) atoms. The van der Waals surface area contributed by atoms with Crippen LogP contribution in [0.5, 0.6) is 5.75 Å². The first-order valence-electron chi connectivity index (χ1n) is 5.22. The molecule has 0 saturated heterocycles. The van der Waals surface area contributed by atoms with E-state index in [0.29, 0.717) is 11.8 Å². The summed E-state index contributed by atoms with van der Waals surface area (Å²) in [6.45, 7) is 6.05. The van der Waals surface area contributed by atoms with Gasteiger partial charge in [-0.2, -0.15) is 0 Å². The fourth-order valence-electron chi connectivity index (χ4n) is 1.47. The summed E-state index contributed by atoms with van der Waals surface area (Å²) >= 11 is 0. The lowest BCUT2D eigenvalue weighted by atomic mass is 9.85. The van der Waals surface area contributed by atoms with Crippen molar-refractivity contribution in [2.45, 2.75) is 32.7 Å². The molecule has 0 aliphatic heterocycles. The van der Waals surface area contributed by atoms with Gasteiger partial charge in [0.25, 0.3) is 0 Å². The van der Waals surface area contributed by atoms with Gasteiger partial charge in [0.2, 0.25) is 0 Å². The maximum Gasteiger partial charge on any atom is 0.153 e. The minimum atomic E-state index is -0.142. The van der Waals surface area contributed by atoms with Gasteiger partial charge in [-0.1, -0.05) is 32.0 Å². The van der Waals surface area contributed by atoms with Crippen LogP contribution < -0.4 is 0 Å². The monoisotopic (exact) mass is 233 g/mol. The topological polar surface area (TPSA) is 86.1 Å². The molecule has 0 bridgehead atoms. The molecule has 0 amide bonds. The highest BCUT2D eigenvalue weighted by molar-refractivity contribution is 5.80. The number of phenols is 1. The predicted molar refractivity (Wildman–Crippen MR) is 65.0 cm³/mol. The van der Waals surface area contributed by atoms with Crippen LogP contribution in [0.2, 0.25) is 0 Å². The van der Waals surface area contributed by atoms with Crippen LogP contribution in [0.3, 0.4) is 0 Å². The predicted octanol–water partition coefficient (Wildman–Crippen LogP) is 3.31. The van der Waals surface area contributed by atoms with Crippen LogP contribution in [0.4, 0.5) is 0 Å². The molecule has 5 nitrogen and oxygen atoms in total. The molecule has 0 aliphatic carbocycles. The maximum absolute atomic E-state index is 10.9. The molecule has 1 N–H and O–H groups in total. The molecule has 0 saturated carbocycles. The number of aldehydes is 1. The maximum atomic E-state index is 10.9. The van der Waals surface area contributed by atoms with Crippen LogP contribution in [0.15, 0.2) is 17.2 Å². The van der Waals surface area contributed by atoms with Crippen LogP contribution in [-0.2, 0) is 12.0 Å². The molecule has 1 aromatic rings. The van der Waals surface area contributed by atoms with Crippen LogP contribution in [-0.4, -0.2) is 11.4 Å². The van der Waals surface area contributed by atoms with E-state index in [-0.39, 0.29) is 23.3 Å². The summed E-state index contributed by atoms with van der Waals surface area (Å²) in [4.78, 5) is 13.5. The summed E-state index contributed by atoms with van der Waals surface area (Å²) in [5, 5.41) is 13.2. The number of aromatic hydroxyl groups is 1. The number of azide groups is 1. The molecule has 0 heterocycles. The Labute approximate surface area is 99.7 Å². The molecule has 1 aromatic carbocycles. The Morgan fingerprint density at radius 3 is 2.59 bits per heavy atom. The molecule has 0 unspecified atom stereocenters. The van der Waals surface area contributed by atoms with Gasteiger partial charge in [0.05, 0.1) is 12.1 Å². The first-order chi connectivity index (χ1) is 7.90. The van der Waals surface area contributed by atoms with Gasteiger partial charge in [-0.15, -0.1) is 0 Å². The highest BCUT2D eigenvalue weighted by atomic mass is 16.3. The van der Waals surface area contributed by atoms with E-state index in [9.17, 15) is 9.90 Å². The average molecular weight is 233 g/mol. The lowest BCUT2D eigenvalue weighted by molar-refractivity contribution is 0.112. The van der Waals surface area contributed by atoms with Gasteiger partial charge in [0.15, 0.2) is 6.29 Å². The highest BCUT2D eigenvalue weighted by Gasteiger charge is 2.18. The van der Waals surface area contributed by atoms with Gasteiger partial charge in [0.1, 0.15) is 5.75 Å². The SMILES string of the molecule is CC(C)(C)c1cc(C=O)c(O)c(CN=[N+]=[N-])c1. The Balaban J connectivity index is 3.38. The molecule has 5 heteroatoms. The minimum Gasteiger partial charge on any atom is -0.507 e. The van der Waals surface area contributed by atoms with E-state index in [1.54, 1.807) is 12.1 Å². The van der Waals surface area contributed by atoms with Crippen molar-refractivity contribution >= 4 is 6.29 Å². The molecular weight excluding hydrogens is 218 g/mol. The fraction of sp³-hybridized carbons (Fsp3) is 0.417. The van der Waals surface area contributed by atoms with E-state index in [0.717, 1.165) is 5.56 Å². The standard InChI is InChI=1S/C12H15N3O2/c1-12(2,3)10-4-8(6-14-15-13)11(17)9(5-10)7-16/h4-5,7,17H,6H2,1-3H3. The van der Waals surface area contributed by atoms with Crippen molar-refractivity contribution in [3.63, 3.8) is 0 Å². The van der Waals surface area contributed by atoms with Gasteiger partial charge in [-0.3, -0.25) is 4.79 Å². The van der Waals surface area contributed by atoms with E-state index < -0.39 is 0 Å². The molecule has 90 valence electrons. The lowest BCUT2D eigenvalue weighted by Crippen LogP contribution is -2.12. The van der Waals surface area contributed by atoms with Crippen molar-refractivity contribution in [3.05, 3.63) is 39.3 Å². The van der Waals surface area contributed by atoms with Gasteiger partial charge < -0.3 is 5.11 Å². The summed E-state index contributed by atoms with van der Waals surface area (Å²) in [7, 11) is 0. The minimum absolute atomic E-state index is 0.0348. The van der Waals surface area contributed by atoms with Gasteiger partial charge in [0, 0.05) is 10.5 Å². The Morgan fingerprint density at radius 2 is 2.12 bits per heavy atom. The second-order valence-electron chi connectivity index (χ2n) is 4.83. The van der Waals surface area contributed by atoms with Crippen molar-refractivity contribution in [3.8, 4) is 5.75 Å². The van der Waals surface area contributed by atoms with E-state index in [4.69, 9.17) is 5.53 Å². The van der Waals surface area contributed by atoms with E-state index in [1.165, 1.54) is 0 Å². The molecule has 0 aliphatic rings. The smallest absolute Gasteiger partial charge is 0.153 e. The second kappa shape index (κ2) is 4.89. The average Bonchev–Trinajstić information content (AvgIpc) is 2.26. The Bertz CT molecular complexity index is 483. The third-order valence-electron chi connectivity index (χ3n) is 2.52. The lowest BCUT2D eigenvalue weighted by Gasteiger charge is -2.21. The number of hydrogen-bond donors (Lipinski definition) is 1. The van der Waals surface area contributed by atoms with Crippen molar-refractivity contribution in [2.24, 2.45) is 5.11 Å². The van der Waals surface area contributed by atoms with Gasteiger partial charge in [-0.25, -0.2) is 0 Å². The molecular formula is C12H15N3O2. The molecule has 0 spiro atoms. The summed E-state index contributed by atoms with van der Waals surface area (Å²) in [5.41, 5.74) is 9.75. The number of carbonyl (C=O) groups is 1. The van der Waals surface area contributed by atoms with Crippen molar-refractivity contribution in [1.82, 2.24) is 0 Å². The number of hydrogen-bond acceptors (Lipinski definition) is 3. The zero-order valence-electron chi connectivity index (χ0n) is 10.1. The number of benzene rings is 1. The first kappa shape index (κ1) is 13.1. The normalized spacial score (nSPS) is 10.8. The van der Waals surface area contributed by atoms with Crippen LogP contribution in [0, 0.1) is 0 Å². The highest BCUT2D eigenvalue weighted by Crippen LogP contribution is 2.30. The molecule has 0 radical (unpaired) electrons.